The van der Waals surface area contributed by atoms with Crippen LogP contribution in [-0.4, -0.2) is 40.5 Å². The normalized spacial score (nSPS) is 15.0. The Morgan fingerprint density at radius 2 is 1.17 bits per heavy atom. The molecular weight excluding hydrogens is 300 g/mol. The molecule has 0 heterocycles. The van der Waals surface area contributed by atoms with Crippen LogP contribution in [0, 0.1) is 0 Å². The van der Waals surface area contributed by atoms with Crippen molar-refractivity contribution in [1.82, 2.24) is 0 Å². The van der Waals surface area contributed by atoms with Crippen molar-refractivity contribution in [3.05, 3.63) is 0 Å². The molecule has 0 N–H and O–H groups in total. The van der Waals surface area contributed by atoms with Crippen molar-refractivity contribution >= 4 is 22.5 Å². The van der Waals surface area contributed by atoms with Gasteiger partial charge in [-0.05, 0) is 0 Å². The standard InChI is InChI=1S/C4H2F7.Sn/c1-2(5,6)3(7,8)4(9,10)11;/h1H2;. The molecule has 0 bridgehead atoms. The summed E-state index contributed by atoms with van der Waals surface area (Å²) in [6.45, 7) is 0. The first-order chi connectivity index (χ1) is 5.06. The molecule has 12 heavy (non-hydrogen) atoms. The molecular formula is C4H2F7Sn. The van der Waals surface area contributed by atoms with E-state index in [1.807, 2.05) is 0 Å². The van der Waals surface area contributed by atoms with Crippen molar-refractivity contribution in [1.29, 1.82) is 0 Å². The topological polar surface area (TPSA) is 0 Å². The van der Waals surface area contributed by atoms with E-state index < -0.39 is 22.5 Å². The quantitative estimate of drug-likeness (QED) is 0.543. The van der Waals surface area contributed by atoms with Gasteiger partial charge in [0, 0.05) is 0 Å². The van der Waals surface area contributed by atoms with Crippen molar-refractivity contribution in [2.24, 2.45) is 0 Å². The van der Waals surface area contributed by atoms with Gasteiger partial charge in [0.05, 0.1) is 0 Å². The Hall–Kier alpha value is 0.309. The third-order valence-electron chi connectivity index (χ3n) is 1.04. The summed E-state index contributed by atoms with van der Waals surface area (Å²) in [5.41, 5.74) is 0. The molecule has 0 rings (SSSR count). The van der Waals surface area contributed by atoms with Crippen LogP contribution >= 0.6 is 0 Å². The van der Waals surface area contributed by atoms with E-state index >= 15 is 0 Å². The van der Waals surface area contributed by atoms with Crippen molar-refractivity contribution in [3.8, 4) is 0 Å². The molecule has 3 radical (unpaired) electrons. The van der Waals surface area contributed by atoms with Gasteiger partial charge in [0.15, 0.2) is 0 Å². The Balaban J connectivity index is 4.85. The van der Waals surface area contributed by atoms with E-state index in [9.17, 15) is 30.7 Å². The van der Waals surface area contributed by atoms with Gasteiger partial charge in [-0.15, -0.1) is 0 Å². The summed E-state index contributed by atoms with van der Waals surface area (Å²) in [6.07, 6.45) is -6.19. The van der Waals surface area contributed by atoms with Crippen LogP contribution in [0.15, 0.2) is 0 Å². The van der Waals surface area contributed by atoms with Gasteiger partial charge in [-0.3, -0.25) is 0 Å². The molecule has 0 amide bonds. The molecule has 0 aromatic carbocycles. The summed E-state index contributed by atoms with van der Waals surface area (Å²) < 4.78 is 80.1. The average molecular weight is 302 g/mol. The van der Waals surface area contributed by atoms with Crippen LogP contribution in [0.2, 0.25) is 4.44 Å². The molecule has 0 aliphatic carbocycles. The minimum atomic E-state index is -6.19. The molecule has 0 unspecified atom stereocenters. The molecule has 0 atom stereocenters. The molecule has 8 heteroatoms. The summed E-state index contributed by atoms with van der Waals surface area (Å²) in [6, 6.07) is 0. The number of alkyl halides is 7. The molecule has 0 saturated carbocycles. The SMILES string of the molecule is FC(F)(F)C(F)(F)C(F)(F)[CH2][Sn]. The zero-order valence-corrected chi connectivity index (χ0v) is 8.21. The van der Waals surface area contributed by atoms with Crippen LogP contribution in [0.4, 0.5) is 30.7 Å². The van der Waals surface area contributed by atoms with Crippen LogP contribution in [0.3, 0.4) is 0 Å². The molecule has 0 aliphatic rings. The van der Waals surface area contributed by atoms with Gasteiger partial charge in [0.2, 0.25) is 0 Å². The predicted octanol–water partition coefficient (Wildman–Crippen LogP) is 2.41. The second kappa shape index (κ2) is 3.22. The van der Waals surface area contributed by atoms with Crippen molar-refractivity contribution < 1.29 is 30.7 Å². The van der Waals surface area contributed by atoms with Gasteiger partial charge in [0.25, 0.3) is 0 Å². The van der Waals surface area contributed by atoms with Crippen molar-refractivity contribution in [2.75, 3.05) is 0 Å². The Kier molecular flexibility index (Phi) is 3.31. The monoisotopic (exact) mass is 303 g/mol. The van der Waals surface area contributed by atoms with E-state index in [0.29, 0.717) is 0 Å². The zero-order valence-electron chi connectivity index (χ0n) is 5.35. The Bertz CT molecular complexity index is 159. The third-order valence-corrected chi connectivity index (χ3v) is 2.30. The first-order valence-electron chi connectivity index (χ1n) is 2.53. The minimum absolute atomic E-state index is 0.0755. The molecule has 0 saturated heterocycles. The Morgan fingerprint density at radius 3 is 1.25 bits per heavy atom. The number of hydrogen-bond donors (Lipinski definition) is 0. The first kappa shape index (κ1) is 12.3. The molecule has 0 aromatic heterocycles. The molecule has 0 spiro atoms. The molecule has 0 nitrogen and oxygen atoms in total. The summed E-state index contributed by atoms with van der Waals surface area (Å²) in [5, 5.41) is 0. The summed E-state index contributed by atoms with van der Waals surface area (Å²) in [4.78, 5) is 0. The summed E-state index contributed by atoms with van der Waals surface area (Å²) >= 11 is -0.0755. The van der Waals surface area contributed by atoms with E-state index in [1.54, 1.807) is 0 Å². The van der Waals surface area contributed by atoms with Crippen molar-refractivity contribution in [3.63, 3.8) is 0 Å². The van der Waals surface area contributed by atoms with Gasteiger partial charge in [-0.1, -0.05) is 0 Å². The van der Waals surface area contributed by atoms with Crippen LogP contribution in [-0.2, 0) is 0 Å². The molecule has 0 aliphatic heterocycles. The molecule has 71 valence electrons. The van der Waals surface area contributed by atoms with Gasteiger partial charge >= 0.3 is 75.7 Å². The molecule has 0 fully saturated rings. The maximum atomic E-state index is 12.0. The molecule has 0 aromatic rings. The number of halogens is 7. The number of rotatable bonds is 2. The summed E-state index contributed by atoms with van der Waals surface area (Å²) in [5.74, 6) is -10.9. The predicted molar refractivity (Wildman–Crippen MR) is 26.5 cm³/mol. The van der Waals surface area contributed by atoms with Crippen LogP contribution in [0.5, 0.6) is 0 Å². The zero-order chi connectivity index (χ0) is 10.2. The second-order valence-electron chi connectivity index (χ2n) is 1.95. The fraction of sp³-hybridized carbons (Fsp3) is 1.00. The van der Waals surface area contributed by atoms with Crippen molar-refractivity contribution in [2.45, 2.75) is 22.5 Å². The van der Waals surface area contributed by atoms with Crippen LogP contribution in [0.1, 0.15) is 0 Å². The van der Waals surface area contributed by atoms with E-state index in [1.165, 1.54) is 0 Å². The number of hydrogen-bond acceptors (Lipinski definition) is 0. The Labute approximate surface area is 76.2 Å². The van der Waals surface area contributed by atoms with Gasteiger partial charge in [-0.25, -0.2) is 0 Å². The van der Waals surface area contributed by atoms with Gasteiger partial charge in [-0.2, -0.15) is 0 Å². The first-order valence-corrected chi connectivity index (χ1v) is 4.55. The van der Waals surface area contributed by atoms with Crippen LogP contribution < -0.4 is 0 Å². The van der Waals surface area contributed by atoms with E-state index in [4.69, 9.17) is 0 Å². The summed E-state index contributed by atoms with van der Waals surface area (Å²) in [7, 11) is 0. The van der Waals surface area contributed by atoms with Crippen LogP contribution in [0.25, 0.3) is 0 Å². The van der Waals surface area contributed by atoms with E-state index in [0.717, 1.165) is 0 Å². The van der Waals surface area contributed by atoms with E-state index in [-0.39, 0.29) is 22.5 Å². The van der Waals surface area contributed by atoms with E-state index in [2.05, 4.69) is 0 Å². The maximum absolute atomic E-state index is 12.0. The fourth-order valence-electron chi connectivity index (χ4n) is 0.318. The Morgan fingerprint density at radius 1 is 0.833 bits per heavy atom. The second-order valence-corrected chi connectivity index (χ2v) is 2.96. The van der Waals surface area contributed by atoms with Gasteiger partial charge in [0.1, 0.15) is 0 Å². The fourth-order valence-corrected chi connectivity index (χ4v) is 0.952. The average Bonchev–Trinajstić information content (AvgIpc) is 1.85. The third kappa shape index (κ3) is 1.97. The van der Waals surface area contributed by atoms with Gasteiger partial charge < -0.3 is 0 Å².